The van der Waals surface area contributed by atoms with Gasteiger partial charge in [-0.2, -0.15) is 0 Å². The molecule has 5 heteroatoms. The van der Waals surface area contributed by atoms with Crippen molar-refractivity contribution < 1.29 is 24.2 Å². The molecular formula is C19H20O5. The Hall–Kier alpha value is -2.79. The van der Waals surface area contributed by atoms with E-state index in [1.165, 1.54) is 21.0 Å². The monoisotopic (exact) mass is 328 g/mol. The van der Waals surface area contributed by atoms with Crippen LogP contribution >= 0.6 is 0 Å². The Balaban J connectivity index is 0.000000240. The zero-order chi connectivity index (χ0) is 18.2. The van der Waals surface area contributed by atoms with Crippen LogP contribution in [0.4, 0.5) is 0 Å². The second-order valence-corrected chi connectivity index (χ2v) is 5.44. The van der Waals surface area contributed by atoms with Crippen LogP contribution in [0.3, 0.4) is 0 Å². The summed E-state index contributed by atoms with van der Waals surface area (Å²) < 4.78 is 4.28. The molecule has 0 atom stereocenters. The normalized spacial score (nSPS) is 10.2. The minimum atomic E-state index is -1.28. The molecule has 0 aliphatic carbocycles. The number of ketones is 2. The van der Waals surface area contributed by atoms with Crippen LogP contribution in [0.15, 0.2) is 60.7 Å². The van der Waals surface area contributed by atoms with Crippen LogP contribution in [-0.4, -0.2) is 35.4 Å². The third-order valence-corrected chi connectivity index (χ3v) is 3.00. The van der Waals surface area contributed by atoms with Gasteiger partial charge < -0.3 is 9.84 Å². The number of hydrogen-bond donors (Lipinski definition) is 1. The van der Waals surface area contributed by atoms with Crippen molar-refractivity contribution in [1.82, 2.24) is 0 Å². The quantitative estimate of drug-likeness (QED) is 0.530. The molecule has 0 unspecified atom stereocenters. The highest BCUT2D eigenvalue weighted by atomic mass is 16.5. The zero-order valence-electron chi connectivity index (χ0n) is 13.9. The van der Waals surface area contributed by atoms with Gasteiger partial charge in [-0.25, -0.2) is 4.79 Å². The molecule has 2 rings (SSSR count). The minimum Gasteiger partial charge on any atom is -0.463 e. The molecular weight excluding hydrogens is 308 g/mol. The van der Waals surface area contributed by atoms with Crippen molar-refractivity contribution in [3.8, 4) is 0 Å². The first-order valence-electron chi connectivity index (χ1n) is 7.27. The number of esters is 1. The van der Waals surface area contributed by atoms with E-state index >= 15 is 0 Å². The third-order valence-electron chi connectivity index (χ3n) is 3.00. The molecule has 0 fully saturated rings. The van der Waals surface area contributed by atoms with Crippen molar-refractivity contribution in [1.29, 1.82) is 0 Å². The Morgan fingerprint density at radius 1 is 0.833 bits per heavy atom. The van der Waals surface area contributed by atoms with Crippen molar-refractivity contribution in [2.45, 2.75) is 19.4 Å². The number of carbonyl (C=O) groups is 3. The predicted octanol–water partition coefficient (Wildman–Crippen LogP) is 2.68. The first-order valence-corrected chi connectivity index (χ1v) is 7.27. The fourth-order valence-corrected chi connectivity index (χ4v) is 1.74. The van der Waals surface area contributed by atoms with Crippen molar-refractivity contribution >= 4 is 17.5 Å². The van der Waals surface area contributed by atoms with Crippen molar-refractivity contribution in [3.05, 3.63) is 71.8 Å². The van der Waals surface area contributed by atoms with E-state index in [2.05, 4.69) is 4.74 Å². The summed E-state index contributed by atoms with van der Waals surface area (Å²) in [6.07, 6.45) is 0. The van der Waals surface area contributed by atoms with E-state index in [0.29, 0.717) is 11.1 Å². The molecule has 2 aromatic rings. The maximum Gasteiger partial charge on any atom is 0.379 e. The Labute approximate surface area is 140 Å². The average molecular weight is 328 g/mol. The van der Waals surface area contributed by atoms with Gasteiger partial charge in [0, 0.05) is 11.1 Å². The molecule has 2 aromatic carbocycles. The lowest BCUT2D eigenvalue weighted by molar-refractivity contribution is -0.135. The van der Waals surface area contributed by atoms with Crippen molar-refractivity contribution in [2.75, 3.05) is 7.11 Å². The van der Waals surface area contributed by atoms with Gasteiger partial charge in [0.1, 0.15) is 5.60 Å². The molecule has 24 heavy (non-hydrogen) atoms. The molecule has 0 saturated carbocycles. The number of rotatable bonds is 4. The van der Waals surface area contributed by atoms with Crippen molar-refractivity contribution in [3.63, 3.8) is 0 Å². The Morgan fingerprint density at radius 3 is 1.62 bits per heavy atom. The summed E-state index contributed by atoms with van der Waals surface area (Å²) in [4.78, 5) is 33.3. The van der Waals surface area contributed by atoms with Crippen LogP contribution in [0.5, 0.6) is 0 Å². The Morgan fingerprint density at radius 2 is 1.25 bits per heavy atom. The SMILES string of the molecule is CC(C)(O)C(=O)c1ccccc1.COC(=O)C(=O)c1ccccc1. The highest BCUT2D eigenvalue weighted by molar-refractivity contribution is 6.40. The fraction of sp³-hybridized carbons (Fsp3) is 0.211. The van der Waals surface area contributed by atoms with Gasteiger partial charge in [0.05, 0.1) is 7.11 Å². The van der Waals surface area contributed by atoms with Gasteiger partial charge in [-0.1, -0.05) is 60.7 Å². The largest absolute Gasteiger partial charge is 0.463 e. The fourth-order valence-electron chi connectivity index (χ4n) is 1.74. The molecule has 0 amide bonds. The molecule has 0 aliphatic heterocycles. The molecule has 0 aromatic heterocycles. The van der Waals surface area contributed by atoms with Crippen LogP contribution in [0, 0.1) is 0 Å². The molecule has 0 radical (unpaired) electrons. The summed E-state index contributed by atoms with van der Waals surface area (Å²) in [6, 6.07) is 17.1. The van der Waals surface area contributed by atoms with E-state index in [9.17, 15) is 19.5 Å². The maximum absolute atomic E-state index is 11.4. The number of carbonyl (C=O) groups excluding carboxylic acids is 3. The molecule has 0 bridgehead atoms. The summed E-state index contributed by atoms with van der Waals surface area (Å²) >= 11 is 0. The number of methoxy groups -OCH3 is 1. The van der Waals surface area contributed by atoms with Gasteiger partial charge in [0.2, 0.25) is 0 Å². The van der Waals surface area contributed by atoms with E-state index in [4.69, 9.17) is 0 Å². The van der Waals surface area contributed by atoms with Gasteiger partial charge in [0.25, 0.3) is 5.78 Å². The third kappa shape index (κ3) is 5.78. The van der Waals surface area contributed by atoms with Gasteiger partial charge in [-0.15, -0.1) is 0 Å². The average Bonchev–Trinajstić information content (AvgIpc) is 2.61. The van der Waals surface area contributed by atoms with Gasteiger partial charge in [0.15, 0.2) is 5.78 Å². The number of aliphatic hydroxyl groups is 1. The van der Waals surface area contributed by atoms with Gasteiger partial charge in [-0.3, -0.25) is 9.59 Å². The summed E-state index contributed by atoms with van der Waals surface area (Å²) in [7, 11) is 1.18. The first kappa shape index (κ1) is 19.3. The van der Waals surface area contributed by atoms with Gasteiger partial charge >= 0.3 is 5.97 Å². The summed E-state index contributed by atoms with van der Waals surface area (Å²) in [5.41, 5.74) is -0.379. The topological polar surface area (TPSA) is 80.7 Å². The number of benzene rings is 2. The Bertz CT molecular complexity index is 685. The summed E-state index contributed by atoms with van der Waals surface area (Å²) in [5.74, 6) is -1.69. The molecule has 1 N–H and O–H groups in total. The van der Waals surface area contributed by atoms with E-state index in [1.807, 2.05) is 6.07 Å². The Kier molecular flexibility index (Phi) is 7.01. The van der Waals surface area contributed by atoms with Crippen molar-refractivity contribution in [2.24, 2.45) is 0 Å². The van der Waals surface area contributed by atoms with Crippen LogP contribution < -0.4 is 0 Å². The standard InChI is InChI=1S/C10H12O2.C9H8O3/c1-10(2,12)9(11)8-6-4-3-5-7-8;1-12-9(11)8(10)7-5-3-2-4-6-7/h3-7,12H,1-2H3;2-6H,1H3. The van der Waals surface area contributed by atoms with Crippen LogP contribution in [0.25, 0.3) is 0 Å². The lowest BCUT2D eigenvalue weighted by Crippen LogP contribution is -2.30. The number of ether oxygens (including phenoxy) is 1. The molecule has 126 valence electrons. The van der Waals surface area contributed by atoms with Gasteiger partial charge in [-0.05, 0) is 13.8 Å². The summed E-state index contributed by atoms with van der Waals surface area (Å²) in [5, 5.41) is 9.39. The number of Topliss-reactive ketones (excluding diaryl/α,β-unsaturated/α-hetero) is 2. The van der Waals surface area contributed by atoms with E-state index in [0.717, 1.165) is 0 Å². The van der Waals surface area contributed by atoms with E-state index in [-0.39, 0.29) is 5.78 Å². The zero-order valence-corrected chi connectivity index (χ0v) is 13.9. The lowest BCUT2D eigenvalue weighted by atomic mass is 9.97. The lowest BCUT2D eigenvalue weighted by Gasteiger charge is -2.14. The molecule has 0 spiro atoms. The predicted molar refractivity (Wildman–Crippen MR) is 89.9 cm³/mol. The number of hydrogen-bond acceptors (Lipinski definition) is 5. The first-order chi connectivity index (χ1) is 11.3. The molecule has 0 heterocycles. The van der Waals surface area contributed by atoms with Crippen LogP contribution in [-0.2, 0) is 9.53 Å². The highest BCUT2D eigenvalue weighted by Gasteiger charge is 2.24. The van der Waals surface area contributed by atoms with E-state index < -0.39 is 17.4 Å². The maximum atomic E-state index is 11.4. The summed E-state index contributed by atoms with van der Waals surface area (Å²) in [6.45, 7) is 2.98. The highest BCUT2D eigenvalue weighted by Crippen LogP contribution is 2.11. The minimum absolute atomic E-state index is 0.247. The second kappa shape index (κ2) is 8.74. The molecule has 0 aliphatic rings. The second-order valence-electron chi connectivity index (χ2n) is 5.44. The van der Waals surface area contributed by atoms with Crippen LogP contribution in [0.1, 0.15) is 34.6 Å². The van der Waals surface area contributed by atoms with E-state index in [1.54, 1.807) is 54.6 Å². The molecule has 5 nitrogen and oxygen atoms in total. The smallest absolute Gasteiger partial charge is 0.379 e. The molecule has 0 saturated heterocycles. The van der Waals surface area contributed by atoms with Crippen LogP contribution in [0.2, 0.25) is 0 Å².